The van der Waals surface area contributed by atoms with Gasteiger partial charge in [-0.25, -0.2) is 14.4 Å². The molecule has 0 aliphatic heterocycles. The maximum absolute atomic E-state index is 11.2. The van der Waals surface area contributed by atoms with E-state index in [1.807, 2.05) is 0 Å². The smallest absolute Gasteiger partial charge is 0.408 e. The lowest BCUT2D eigenvalue weighted by Gasteiger charge is -2.19. The first-order chi connectivity index (χ1) is 36.0. The van der Waals surface area contributed by atoms with Crippen molar-refractivity contribution in [3.8, 4) is 0 Å². The molecule has 440 valence electrons. The number of hydrogen-bond donors (Lipinski definition) is 11. The van der Waals surface area contributed by atoms with Gasteiger partial charge in [0.15, 0.2) is 6.73 Å². The van der Waals surface area contributed by atoms with Crippen molar-refractivity contribution >= 4 is 53.5 Å². The number of carboxylic acids is 1. The number of aliphatic carboxylic acids is 1. The highest BCUT2D eigenvalue weighted by Crippen LogP contribution is 2.06. The number of alkyl carbamates (subject to hydrolysis) is 1. The molecule has 76 heavy (non-hydrogen) atoms. The van der Waals surface area contributed by atoms with E-state index in [1.54, 1.807) is 20.8 Å². The van der Waals surface area contributed by atoms with E-state index in [0.717, 1.165) is 0 Å². The van der Waals surface area contributed by atoms with Gasteiger partial charge in [-0.05, 0) is 44.4 Å². The van der Waals surface area contributed by atoms with E-state index in [4.69, 9.17) is 65.7 Å². The number of rotatable bonds is 32. The first-order valence-corrected chi connectivity index (χ1v) is 22.1. The van der Waals surface area contributed by atoms with Crippen LogP contribution in [0.3, 0.4) is 0 Å². The number of nitrogens with two attached hydrogens (primary N) is 2. The second-order valence-electron chi connectivity index (χ2n) is 13.5. The van der Waals surface area contributed by atoms with Gasteiger partial charge in [0.05, 0.1) is 86.0 Å². The minimum atomic E-state index is -0.999. The summed E-state index contributed by atoms with van der Waals surface area (Å²) >= 11 is 0. The van der Waals surface area contributed by atoms with Crippen molar-refractivity contribution in [3.63, 3.8) is 0 Å². The molecule has 0 fully saturated rings. The Morgan fingerprint density at radius 3 is 1.26 bits per heavy atom. The normalized spacial score (nSPS) is 9.11. The highest BCUT2D eigenvalue weighted by molar-refractivity contribution is 5.82. The summed E-state index contributed by atoms with van der Waals surface area (Å²) in [4.78, 5) is 102. The van der Waals surface area contributed by atoms with Crippen molar-refractivity contribution in [1.29, 1.82) is 0 Å². The van der Waals surface area contributed by atoms with E-state index in [9.17, 15) is 43.2 Å². The zero-order valence-corrected chi connectivity index (χ0v) is 44.7. The quantitative estimate of drug-likeness (QED) is 0.00855. The molecule has 37 heteroatoms. The number of nitrogens with one attached hydrogen (secondary N) is 7. The third-order valence-electron chi connectivity index (χ3n) is 5.93. The molecule has 0 saturated carbocycles. The van der Waals surface area contributed by atoms with Gasteiger partial charge in [-0.2, -0.15) is 0 Å². The molecular formula is C39H80N18O19. The molecule has 13 N–H and O–H groups in total. The summed E-state index contributed by atoms with van der Waals surface area (Å²) in [5, 5.41) is 41.9. The molecule has 7 amide bonds. The molecule has 0 unspecified atom stereocenters. The Hall–Kier alpha value is -7.40. The van der Waals surface area contributed by atoms with Crippen molar-refractivity contribution in [1.82, 2.24) is 37.2 Å². The maximum Gasteiger partial charge on any atom is 0.408 e. The molecule has 0 rings (SSSR count). The minimum Gasteiger partial charge on any atom is -0.480 e. The Kier molecular flexibility index (Phi) is 73.5. The largest absolute Gasteiger partial charge is 0.480 e. The molecule has 0 heterocycles. The van der Waals surface area contributed by atoms with Crippen LogP contribution in [0.4, 0.5) is 4.79 Å². The highest BCUT2D eigenvalue weighted by Gasteiger charge is 2.16. The van der Waals surface area contributed by atoms with Gasteiger partial charge in [-0.1, -0.05) is 15.3 Å². The Bertz CT molecular complexity index is 1670. The summed E-state index contributed by atoms with van der Waals surface area (Å²) in [6.07, 6.45) is -0.660. The van der Waals surface area contributed by atoms with Crippen molar-refractivity contribution in [2.45, 2.75) is 54.1 Å². The summed E-state index contributed by atoms with van der Waals surface area (Å²) in [5.74, 6) is -3.18. The molecule has 0 aromatic rings. The molecule has 0 atom stereocenters. The lowest BCUT2D eigenvalue weighted by Crippen LogP contribution is -2.43. The summed E-state index contributed by atoms with van der Waals surface area (Å²) in [6.45, 7) is 13.5. The van der Waals surface area contributed by atoms with E-state index in [2.05, 4.69) is 77.8 Å². The van der Waals surface area contributed by atoms with Crippen LogP contribution in [0.25, 0.3) is 31.3 Å². The first-order valence-electron chi connectivity index (χ1n) is 22.1. The predicted octanol–water partition coefficient (Wildman–Crippen LogP) is -2.14. The minimum absolute atomic E-state index is 0.0319. The number of esters is 1. The van der Waals surface area contributed by atoms with E-state index in [0.29, 0.717) is 65.9 Å². The number of hydrogen-bond acceptors (Lipinski definition) is 23. The highest BCUT2D eigenvalue weighted by atomic mass is 16.6. The van der Waals surface area contributed by atoms with Crippen molar-refractivity contribution in [2.75, 3.05) is 146 Å². The van der Waals surface area contributed by atoms with E-state index < -0.39 is 29.5 Å². The topological polar surface area (TPSA) is 550 Å². The van der Waals surface area contributed by atoms with Crippen molar-refractivity contribution < 1.29 is 91.3 Å². The average Bonchev–Trinajstić information content (AvgIpc) is 3.34. The summed E-state index contributed by atoms with van der Waals surface area (Å²) < 4.78 is 39.7. The number of ether oxygens (including phenoxy) is 8. The number of carboxylic acid groups (broad SMARTS) is 1. The zero-order valence-electron chi connectivity index (χ0n) is 44.7. The fraction of sp³-hybridized carbons (Fsp3) is 0.769. The molecule has 0 saturated heterocycles. The monoisotopic (exact) mass is 1100 g/mol. The number of aliphatic hydroxyl groups is 1. The molecule has 0 bridgehead atoms. The fourth-order valence-electron chi connectivity index (χ4n) is 3.00. The van der Waals surface area contributed by atoms with Crippen LogP contribution in [-0.2, 0) is 76.3 Å². The SMILES string of the molecule is CC(=O)NCNC(=O)CN.CC(=O)NCNC(=O)CNC(=O)OC(C)(C)C.CC(=O)NCO.CC(=O)NCOC(=O)COCCOCCOCCN=[N+]=[N-].CN.CN=[N+]=[N-].[N-]=[N+]=NCCOCCOCCOCC(=O)O. The van der Waals surface area contributed by atoms with Crippen LogP contribution in [0.15, 0.2) is 15.3 Å². The zero-order chi connectivity index (χ0) is 59.7. The van der Waals surface area contributed by atoms with Crippen LogP contribution in [0, 0.1) is 0 Å². The number of nitrogens with zero attached hydrogens (tertiary/aromatic N) is 9. The molecular weight excluding hydrogens is 1020 g/mol. The lowest BCUT2D eigenvalue weighted by molar-refractivity contribution is -0.151. The van der Waals surface area contributed by atoms with Crippen LogP contribution < -0.4 is 48.7 Å². The van der Waals surface area contributed by atoms with Crippen LogP contribution in [0.5, 0.6) is 0 Å². The standard InChI is InChI=1S/C11H20N4O6.C10H19N3O4.C8H15N3O5.C5H11N3O2.C3H7NO2.CH3N3.CH5N/c1-10(16)13-9-21-11(17)8-20-7-6-19-5-4-18-3-2-14-15-12;1-7(14)12-6-13-8(15)5-11-9(16)17-10(2,3)4;9-11-10-1-2-14-3-4-15-5-6-16-7-8(12)13;1-4(9)7-3-8-5(10)2-6;1-3(6)4-2-5;1-3-4-2;1-2/h2-9H2,1H3,(H,13,16);5-6H2,1-4H3,(H,11,16)(H,12,14)(H,13,15);1-7H2,(H,12,13);2-3,6H2,1H3,(H,7,9)(H,8,10);5H,2H2,1H3,(H,4,6);1H3;2H2,1H3. The van der Waals surface area contributed by atoms with Crippen LogP contribution in [-0.4, -0.2) is 216 Å². The van der Waals surface area contributed by atoms with Gasteiger partial charge in [-0.15, -0.1) is 0 Å². The van der Waals surface area contributed by atoms with Crippen LogP contribution >= 0.6 is 0 Å². The molecule has 37 nitrogen and oxygen atoms in total. The first kappa shape index (κ1) is 82.6. The molecule has 0 aromatic heterocycles. The summed E-state index contributed by atoms with van der Waals surface area (Å²) in [5.41, 5.74) is 32.2. The Labute approximate surface area is 440 Å². The summed E-state index contributed by atoms with van der Waals surface area (Å²) in [6, 6.07) is 0. The van der Waals surface area contributed by atoms with Crippen molar-refractivity contribution in [3.05, 3.63) is 31.3 Å². The van der Waals surface area contributed by atoms with Crippen LogP contribution in [0.1, 0.15) is 48.5 Å². The van der Waals surface area contributed by atoms with E-state index in [-0.39, 0.29) is 95.9 Å². The summed E-state index contributed by atoms with van der Waals surface area (Å²) in [7, 11) is 2.89. The Morgan fingerprint density at radius 1 is 0.553 bits per heavy atom. The fourth-order valence-corrected chi connectivity index (χ4v) is 3.00. The van der Waals surface area contributed by atoms with Gasteiger partial charge in [0.1, 0.15) is 32.1 Å². The maximum atomic E-state index is 11.2. The number of carbonyl (C=O) groups excluding carboxylic acids is 8. The number of carbonyl (C=O) groups is 9. The number of amides is 7. The third-order valence-corrected chi connectivity index (χ3v) is 5.93. The predicted molar refractivity (Wildman–Crippen MR) is 268 cm³/mol. The molecule has 0 spiro atoms. The molecule has 0 aliphatic rings. The van der Waals surface area contributed by atoms with Gasteiger partial charge in [0.25, 0.3) is 0 Å². The van der Waals surface area contributed by atoms with E-state index >= 15 is 0 Å². The Balaban J connectivity index is -0.000000158. The lowest BCUT2D eigenvalue weighted by atomic mass is 10.2. The number of aliphatic hydroxyl groups excluding tert-OH is 1. The second-order valence-corrected chi connectivity index (χ2v) is 13.5. The van der Waals surface area contributed by atoms with Gasteiger partial charge in [0.2, 0.25) is 35.4 Å². The third kappa shape index (κ3) is 104. The van der Waals surface area contributed by atoms with Gasteiger partial charge < -0.3 is 96.8 Å². The van der Waals surface area contributed by atoms with Gasteiger partial charge in [-0.3, -0.25) is 28.8 Å². The average molecular weight is 1110 g/mol. The van der Waals surface area contributed by atoms with Gasteiger partial charge >= 0.3 is 18.0 Å². The van der Waals surface area contributed by atoms with Crippen LogP contribution in [0.2, 0.25) is 0 Å². The van der Waals surface area contributed by atoms with E-state index in [1.165, 1.54) is 41.8 Å². The molecule has 0 aliphatic carbocycles. The number of azide groups is 3. The molecule has 0 radical (unpaired) electrons. The molecule has 0 aromatic carbocycles. The van der Waals surface area contributed by atoms with Gasteiger partial charge in [0, 0.05) is 62.6 Å². The Morgan fingerprint density at radius 2 is 0.934 bits per heavy atom. The second kappa shape index (κ2) is 67.6. The van der Waals surface area contributed by atoms with Crippen molar-refractivity contribution in [2.24, 2.45) is 26.8 Å².